The molecule has 1 aliphatic carbocycles. The summed E-state index contributed by atoms with van der Waals surface area (Å²) in [6.45, 7) is 9.50. The van der Waals surface area contributed by atoms with Crippen LogP contribution in [0.2, 0.25) is 0 Å². The monoisotopic (exact) mass is 295 g/mol. The average molecular weight is 296 g/mol. The predicted octanol–water partition coefficient (Wildman–Crippen LogP) is 2.82. The van der Waals surface area contributed by atoms with Gasteiger partial charge in [-0.2, -0.15) is 0 Å². The highest BCUT2D eigenvalue weighted by Gasteiger charge is 2.37. The van der Waals surface area contributed by atoms with E-state index in [0.717, 1.165) is 18.4 Å². The first-order valence-electron chi connectivity index (χ1n) is 9.29. The Bertz CT molecular complexity index is 294. The molecule has 2 fully saturated rings. The Labute approximate surface area is 132 Å². The SMILES string of the molecule is CCNC(C1CCCCC1CC)C1CN(C)CCCN1C. The summed E-state index contributed by atoms with van der Waals surface area (Å²) in [4.78, 5) is 5.18. The van der Waals surface area contributed by atoms with Crippen molar-refractivity contribution >= 4 is 0 Å². The normalized spacial score (nSPS) is 34.6. The maximum atomic E-state index is 3.90. The standard InChI is InChI=1S/C18H37N3/c1-5-15-10-7-8-11-16(15)18(19-6-2)17-14-20(3)12-9-13-21(17)4/h15-19H,5-14H2,1-4H3. The van der Waals surface area contributed by atoms with Gasteiger partial charge >= 0.3 is 0 Å². The van der Waals surface area contributed by atoms with Crippen LogP contribution >= 0.6 is 0 Å². The first kappa shape index (κ1) is 17.2. The van der Waals surface area contributed by atoms with Crippen LogP contribution in [-0.4, -0.2) is 62.2 Å². The van der Waals surface area contributed by atoms with Crippen LogP contribution in [0.5, 0.6) is 0 Å². The molecule has 124 valence electrons. The lowest BCUT2D eigenvalue weighted by Gasteiger charge is -2.44. The molecular formula is C18H37N3. The molecule has 3 nitrogen and oxygen atoms in total. The average Bonchev–Trinajstić information content (AvgIpc) is 2.66. The molecule has 0 spiro atoms. The van der Waals surface area contributed by atoms with Crippen molar-refractivity contribution in [3.63, 3.8) is 0 Å². The Morgan fingerprint density at radius 1 is 1.05 bits per heavy atom. The van der Waals surface area contributed by atoms with Crippen LogP contribution in [0.4, 0.5) is 0 Å². The van der Waals surface area contributed by atoms with E-state index in [0.29, 0.717) is 12.1 Å². The van der Waals surface area contributed by atoms with Crippen LogP contribution in [-0.2, 0) is 0 Å². The lowest BCUT2D eigenvalue weighted by molar-refractivity contribution is 0.0929. The Kier molecular flexibility index (Phi) is 6.97. The first-order chi connectivity index (χ1) is 10.2. The fraction of sp³-hybridized carbons (Fsp3) is 1.00. The van der Waals surface area contributed by atoms with Gasteiger partial charge in [0.05, 0.1) is 0 Å². The van der Waals surface area contributed by atoms with E-state index >= 15 is 0 Å². The summed E-state index contributed by atoms with van der Waals surface area (Å²) in [5.74, 6) is 1.81. The fourth-order valence-electron chi connectivity index (χ4n) is 4.72. The van der Waals surface area contributed by atoms with Crippen LogP contribution < -0.4 is 5.32 Å². The molecule has 2 aliphatic rings. The number of hydrogen-bond acceptors (Lipinski definition) is 3. The number of hydrogen-bond donors (Lipinski definition) is 1. The van der Waals surface area contributed by atoms with Crippen molar-refractivity contribution in [2.24, 2.45) is 11.8 Å². The van der Waals surface area contributed by atoms with E-state index in [-0.39, 0.29) is 0 Å². The molecule has 0 bridgehead atoms. The molecule has 4 atom stereocenters. The van der Waals surface area contributed by atoms with Crippen molar-refractivity contribution < 1.29 is 0 Å². The van der Waals surface area contributed by atoms with Gasteiger partial charge in [-0.15, -0.1) is 0 Å². The van der Waals surface area contributed by atoms with Gasteiger partial charge in [-0.1, -0.05) is 39.5 Å². The molecule has 1 saturated heterocycles. The number of nitrogens with zero attached hydrogens (tertiary/aromatic N) is 2. The summed E-state index contributed by atoms with van der Waals surface area (Å²) in [5.41, 5.74) is 0. The van der Waals surface area contributed by atoms with Gasteiger partial charge in [-0.25, -0.2) is 0 Å². The van der Waals surface area contributed by atoms with E-state index in [2.05, 4.69) is 43.1 Å². The highest BCUT2D eigenvalue weighted by atomic mass is 15.2. The Morgan fingerprint density at radius 3 is 2.52 bits per heavy atom. The zero-order valence-corrected chi connectivity index (χ0v) is 14.8. The van der Waals surface area contributed by atoms with Crippen molar-refractivity contribution in [1.82, 2.24) is 15.1 Å². The third-order valence-corrected chi connectivity index (χ3v) is 5.92. The van der Waals surface area contributed by atoms with Crippen LogP contribution in [0.15, 0.2) is 0 Å². The molecule has 1 saturated carbocycles. The molecule has 0 amide bonds. The summed E-state index contributed by atoms with van der Waals surface area (Å²) in [7, 11) is 4.64. The molecule has 4 unspecified atom stereocenters. The van der Waals surface area contributed by atoms with Gasteiger partial charge in [0, 0.05) is 18.6 Å². The maximum absolute atomic E-state index is 3.90. The van der Waals surface area contributed by atoms with Gasteiger partial charge in [0.25, 0.3) is 0 Å². The van der Waals surface area contributed by atoms with E-state index in [1.54, 1.807) is 0 Å². The van der Waals surface area contributed by atoms with Gasteiger partial charge in [-0.3, -0.25) is 0 Å². The minimum absolute atomic E-state index is 0.672. The van der Waals surface area contributed by atoms with Crippen molar-refractivity contribution in [2.75, 3.05) is 40.3 Å². The molecule has 0 aromatic rings. The molecule has 0 aromatic heterocycles. The number of rotatable bonds is 5. The van der Waals surface area contributed by atoms with Gasteiger partial charge in [0.2, 0.25) is 0 Å². The largest absolute Gasteiger partial charge is 0.312 e. The summed E-state index contributed by atoms with van der Waals surface area (Å²) in [5, 5.41) is 3.90. The second kappa shape index (κ2) is 8.50. The third kappa shape index (κ3) is 4.43. The van der Waals surface area contributed by atoms with Gasteiger partial charge in [-0.05, 0) is 58.4 Å². The van der Waals surface area contributed by atoms with Gasteiger partial charge in [0.1, 0.15) is 0 Å². The first-order valence-corrected chi connectivity index (χ1v) is 9.29. The minimum Gasteiger partial charge on any atom is -0.312 e. The highest BCUT2D eigenvalue weighted by molar-refractivity contribution is 4.94. The molecule has 2 rings (SSSR count). The van der Waals surface area contributed by atoms with E-state index in [1.807, 2.05) is 0 Å². The van der Waals surface area contributed by atoms with Crippen LogP contribution in [0.3, 0.4) is 0 Å². The quantitative estimate of drug-likeness (QED) is 0.841. The lowest BCUT2D eigenvalue weighted by atomic mass is 9.72. The number of likely N-dealkylation sites (N-methyl/N-ethyl adjacent to an activating group) is 3. The summed E-state index contributed by atoms with van der Waals surface area (Å²) in [6, 6.07) is 1.35. The van der Waals surface area contributed by atoms with Gasteiger partial charge in [0.15, 0.2) is 0 Å². The molecule has 3 heteroatoms. The van der Waals surface area contributed by atoms with E-state index < -0.39 is 0 Å². The Morgan fingerprint density at radius 2 is 1.81 bits per heavy atom. The second-order valence-corrected chi connectivity index (χ2v) is 7.36. The summed E-state index contributed by atoms with van der Waals surface area (Å²) in [6.07, 6.45) is 8.45. The Balaban J connectivity index is 2.14. The zero-order chi connectivity index (χ0) is 15.2. The van der Waals surface area contributed by atoms with Crippen molar-refractivity contribution in [1.29, 1.82) is 0 Å². The summed E-state index contributed by atoms with van der Waals surface area (Å²) < 4.78 is 0. The molecular weight excluding hydrogens is 258 g/mol. The second-order valence-electron chi connectivity index (χ2n) is 7.36. The Hall–Kier alpha value is -0.120. The minimum atomic E-state index is 0.672. The zero-order valence-electron chi connectivity index (χ0n) is 14.8. The molecule has 1 aliphatic heterocycles. The smallest absolute Gasteiger partial charge is 0.0376 e. The predicted molar refractivity (Wildman–Crippen MR) is 91.7 cm³/mol. The highest BCUT2D eigenvalue weighted by Crippen LogP contribution is 2.36. The van der Waals surface area contributed by atoms with Crippen LogP contribution in [0.1, 0.15) is 52.4 Å². The molecule has 0 radical (unpaired) electrons. The molecule has 0 aromatic carbocycles. The maximum Gasteiger partial charge on any atom is 0.0376 e. The van der Waals surface area contributed by atoms with Crippen molar-refractivity contribution in [3.8, 4) is 0 Å². The molecule has 1 heterocycles. The molecule has 21 heavy (non-hydrogen) atoms. The summed E-state index contributed by atoms with van der Waals surface area (Å²) >= 11 is 0. The van der Waals surface area contributed by atoms with Crippen LogP contribution in [0, 0.1) is 11.8 Å². The number of nitrogens with one attached hydrogen (secondary N) is 1. The topological polar surface area (TPSA) is 18.5 Å². The van der Waals surface area contributed by atoms with Gasteiger partial charge < -0.3 is 15.1 Å². The third-order valence-electron chi connectivity index (χ3n) is 5.92. The fourth-order valence-corrected chi connectivity index (χ4v) is 4.72. The van der Waals surface area contributed by atoms with E-state index in [4.69, 9.17) is 0 Å². The lowest BCUT2D eigenvalue weighted by Crippen LogP contribution is -2.57. The van der Waals surface area contributed by atoms with E-state index in [1.165, 1.54) is 58.2 Å². The van der Waals surface area contributed by atoms with Crippen molar-refractivity contribution in [3.05, 3.63) is 0 Å². The van der Waals surface area contributed by atoms with Crippen molar-refractivity contribution in [2.45, 2.75) is 64.5 Å². The van der Waals surface area contributed by atoms with E-state index in [9.17, 15) is 0 Å². The molecule has 1 N–H and O–H groups in total. The van der Waals surface area contributed by atoms with Crippen LogP contribution in [0.25, 0.3) is 0 Å².